The standard InChI is InChI=1S/C6H6FNO3S.Li/c1-11-6-2-5(12(9)10)4(7)3-8-6;/h2-3H,1H3,(H,9,10);/q;+1/p-1. The molecule has 4 nitrogen and oxygen atoms in total. The molecule has 0 radical (unpaired) electrons. The molecule has 0 saturated carbocycles. The zero-order valence-corrected chi connectivity index (χ0v) is 7.93. The number of aromatic nitrogens is 1. The van der Waals surface area contributed by atoms with Crippen molar-refractivity contribution in [3.05, 3.63) is 18.1 Å². The molecular weight excluding hydrogens is 192 g/mol. The number of hydrogen-bond acceptors (Lipinski definition) is 4. The number of nitrogens with zero attached hydrogens (tertiary/aromatic N) is 1. The van der Waals surface area contributed by atoms with Crippen molar-refractivity contribution in [3.8, 4) is 5.88 Å². The van der Waals surface area contributed by atoms with Gasteiger partial charge in [-0.05, 0) is 11.1 Å². The van der Waals surface area contributed by atoms with Gasteiger partial charge < -0.3 is 9.29 Å². The molecule has 0 spiro atoms. The monoisotopic (exact) mass is 197 g/mol. The topological polar surface area (TPSA) is 62.2 Å². The first-order valence-electron chi connectivity index (χ1n) is 2.94. The van der Waals surface area contributed by atoms with E-state index in [1.165, 1.54) is 7.11 Å². The number of rotatable bonds is 2. The summed E-state index contributed by atoms with van der Waals surface area (Å²) in [6, 6.07) is 1.01. The normalized spacial score (nSPS) is 11.6. The van der Waals surface area contributed by atoms with Gasteiger partial charge in [0.05, 0.1) is 18.2 Å². The molecule has 0 aliphatic carbocycles. The van der Waals surface area contributed by atoms with Crippen LogP contribution in [-0.2, 0) is 11.1 Å². The molecule has 66 valence electrons. The fourth-order valence-electron chi connectivity index (χ4n) is 0.642. The first kappa shape index (κ1) is 12.6. The van der Waals surface area contributed by atoms with Crippen LogP contribution >= 0.6 is 0 Å². The molecule has 1 unspecified atom stereocenters. The van der Waals surface area contributed by atoms with Crippen LogP contribution in [0, 0.1) is 5.82 Å². The molecule has 0 bridgehead atoms. The summed E-state index contributed by atoms with van der Waals surface area (Å²) in [5.41, 5.74) is 0. The van der Waals surface area contributed by atoms with Crippen molar-refractivity contribution >= 4 is 11.1 Å². The Balaban J connectivity index is 0.00000144. The van der Waals surface area contributed by atoms with E-state index in [1.807, 2.05) is 0 Å². The fraction of sp³-hybridized carbons (Fsp3) is 0.167. The Hall–Kier alpha value is -0.413. The van der Waals surface area contributed by atoms with Crippen molar-refractivity contribution in [1.82, 2.24) is 4.98 Å². The van der Waals surface area contributed by atoms with E-state index in [0.29, 0.717) is 0 Å². The molecule has 0 aliphatic rings. The Morgan fingerprint density at radius 2 is 2.31 bits per heavy atom. The van der Waals surface area contributed by atoms with Crippen LogP contribution in [0.2, 0.25) is 0 Å². The van der Waals surface area contributed by atoms with Gasteiger partial charge in [-0.25, -0.2) is 9.37 Å². The average Bonchev–Trinajstić information content (AvgIpc) is 2.05. The van der Waals surface area contributed by atoms with Crippen LogP contribution < -0.4 is 23.6 Å². The van der Waals surface area contributed by atoms with Gasteiger partial charge in [-0.2, -0.15) is 0 Å². The van der Waals surface area contributed by atoms with Gasteiger partial charge in [0.15, 0.2) is 5.82 Å². The molecule has 7 heteroatoms. The first-order chi connectivity index (χ1) is 5.65. The van der Waals surface area contributed by atoms with Crippen LogP contribution in [0.5, 0.6) is 5.88 Å². The summed E-state index contributed by atoms with van der Waals surface area (Å²) in [6.07, 6.45) is 0.796. The van der Waals surface area contributed by atoms with Crippen LogP contribution in [0.15, 0.2) is 17.2 Å². The Bertz CT molecular complexity index is 323. The summed E-state index contributed by atoms with van der Waals surface area (Å²) >= 11 is -2.60. The number of hydrogen-bond donors (Lipinski definition) is 0. The molecule has 1 heterocycles. The molecule has 0 saturated heterocycles. The molecule has 1 rings (SSSR count). The van der Waals surface area contributed by atoms with Crippen LogP contribution in [-0.4, -0.2) is 20.9 Å². The van der Waals surface area contributed by atoms with Crippen LogP contribution in [0.4, 0.5) is 4.39 Å². The van der Waals surface area contributed by atoms with E-state index in [9.17, 15) is 13.2 Å². The van der Waals surface area contributed by atoms with E-state index in [4.69, 9.17) is 0 Å². The molecule has 0 amide bonds. The van der Waals surface area contributed by atoms with Crippen LogP contribution in [0.3, 0.4) is 0 Å². The van der Waals surface area contributed by atoms with Gasteiger partial charge in [0.1, 0.15) is 0 Å². The third-order valence-electron chi connectivity index (χ3n) is 1.18. The maximum absolute atomic E-state index is 12.6. The van der Waals surface area contributed by atoms with Crippen molar-refractivity contribution in [1.29, 1.82) is 0 Å². The Morgan fingerprint density at radius 3 is 2.77 bits per heavy atom. The number of methoxy groups -OCH3 is 1. The summed E-state index contributed by atoms with van der Waals surface area (Å²) in [6.45, 7) is 0. The Morgan fingerprint density at radius 1 is 1.69 bits per heavy atom. The van der Waals surface area contributed by atoms with E-state index < -0.39 is 21.8 Å². The molecule has 1 atom stereocenters. The number of halogens is 1. The zero-order chi connectivity index (χ0) is 9.14. The van der Waals surface area contributed by atoms with Gasteiger partial charge in [-0.15, -0.1) is 0 Å². The van der Waals surface area contributed by atoms with Crippen LogP contribution in [0.25, 0.3) is 0 Å². The summed E-state index contributed by atoms with van der Waals surface area (Å²) in [7, 11) is 1.32. The molecule has 1 aromatic heterocycles. The largest absolute Gasteiger partial charge is 1.00 e. The SMILES string of the molecule is COc1cc(S(=O)[O-])c(F)cn1.[Li+]. The second kappa shape index (κ2) is 5.35. The molecule has 0 aromatic carbocycles. The second-order valence-electron chi connectivity index (χ2n) is 1.89. The maximum atomic E-state index is 12.6. The minimum Gasteiger partial charge on any atom is -0.768 e. The summed E-state index contributed by atoms with van der Waals surface area (Å²) in [5, 5.41) is 0. The van der Waals surface area contributed by atoms with Crippen molar-refractivity contribution < 1.29 is 36.7 Å². The van der Waals surface area contributed by atoms with E-state index >= 15 is 0 Å². The van der Waals surface area contributed by atoms with Crippen molar-refractivity contribution in [3.63, 3.8) is 0 Å². The quantitative estimate of drug-likeness (QED) is 0.387. The van der Waals surface area contributed by atoms with E-state index in [0.717, 1.165) is 12.3 Å². The molecule has 0 N–H and O–H groups in total. The number of pyridine rings is 1. The van der Waals surface area contributed by atoms with Crippen molar-refractivity contribution in [2.45, 2.75) is 4.90 Å². The Labute approximate surface area is 89.0 Å². The van der Waals surface area contributed by atoms with E-state index in [-0.39, 0.29) is 24.7 Å². The molecule has 0 aliphatic heterocycles. The van der Waals surface area contributed by atoms with E-state index in [1.54, 1.807) is 0 Å². The zero-order valence-electron chi connectivity index (χ0n) is 7.11. The van der Waals surface area contributed by atoms with E-state index in [2.05, 4.69) is 9.72 Å². The summed E-state index contributed by atoms with van der Waals surface area (Å²) in [5.74, 6) is -0.820. The van der Waals surface area contributed by atoms with Gasteiger partial charge >= 0.3 is 18.9 Å². The maximum Gasteiger partial charge on any atom is 1.00 e. The average molecular weight is 197 g/mol. The summed E-state index contributed by atoms with van der Waals surface area (Å²) < 4.78 is 38.0. The first-order valence-corrected chi connectivity index (χ1v) is 4.01. The molecule has 1 aromatic rings. The van der Waals surface area contributed by atoms with Crippen LogP contribution in [0.1, 0.15) is 0 Å². The number of ether oxygens (including phenoxy) is 1. The molecular formula is C6H5FLiNO3S. The predicted octanol–water partition coefficient (Wildman–Crippen LogP) is -2.53. The summed E-state index contributed by atoms with van der Waals surface area (Å²) in [4.78, 5) is 3.03. The fourth-order valence-corrected chi connectivity index (χ4v) is 1.05. The smallest absolute Gasteiger partial charge is 0.768 e. The van der Waals surface area contributed by atoms with Gasteiger partial charge in [-0.1, -0.05) is 0 Å². The third-order valence-corrected chi connectivity index (χ3v) is 1.86. The minimum atomic E-state index is -2.60. The van der Waals surface area contributed by atoms with Crippen molar-refractivity contribution in [2.75, 3.05) is 7.11 Å². The van der Waals surface area contributed by atoms with Gasteiger partial charge in [0.2, 0.25) is 5.88 Å². The van der Waals surface area contributed by atoms with Crippen molar-refractivity contribution in [2.24, 2.45) is 0 Å². The third kappa shape index (κ3) is 3.08. The second-order valence-corrected chi connectivity index (χ2v) is 2.80. The molecule has 13 heavy (non-hydrogen) atoms. The van der Waals surface area contributed by atoms with Gasteiger partial charge in [-0.3, -0.25) is 4.21 Å². The minimum absolute atomic E-state index is 0. The Kier molecular flexibility index (Phi) is 5.18. The molecule has 0 fully saturated rings. The van der Waals surface area contributed by atoms with Gasteiger partial charge in [0, 0.05) is 6.07 Å². The van der Waals surface area contributed by atoms with Gasteiger partial charge in [0.25, 0.3) is 0 Å². The predicted molar refractivity (Wildman–Crippen MR) is 37.9 cm³/mol.